The largest absolute Gasteiger partial charge is 0.322 e. The zero-order chi connectivity index (χ0) is 14.5. The molecule has 0 unspecified atom stereocenters. The first kappa shape index (κ1) is 14.1. The molecule has 5 heteroatoms. The summed E-state index contributed by atoms with van der Waals surface area (Å²) in [4.78, 5) is 17.4. The third-order valence-electron chi connectivity index (χ3n) is 2.70. The second kappa shape index (κ2) is 6.25. The van der Waals surface area contributed by atoms with Crippen LogP contribution < -0.4 is 5.32 Å². The normalized spacial score (nSPS) is 10.6. The number of hydrogen-bond acceptors (Lipinski definition) is 3. The van der Waals surface area contributed by atoms with Gasteiger partial charge in [0.05, 0.1) is 0 Å². The van der Waals surface area contributed by atoms with Crippen molar-refractivity contribution in [3.63, 3.8) is 0 Å². The highest BCUT2D eigenvalue weighted by atomic mass is 19.1. The molecule has 1 amide bonds. The van der Waals surface area contributed by atoms with Crippen molar-refractivity contribution in [3.8, 4) is 0 Å². The number of nitrogens with one attached hydrogen (secondary N) is 1. The van der Waals surface area contributed by atoms with E-state index in [1.807, 2.05) is 38.4 Å². The van der Waals surface area contributed by atoms with Crippen LogP contribution in [-0.4, -0.2) is 29.9 Å². The number of rotatable bonds is 4. The van der Waals surface area contributed by atoms with E-state index in [9.17, 15) is 9.18 Å². The molecule has 0 saturated heterocycles. The third kappa shape index (κ3) is 3.86. The summed E-state index contributed by atoms with van der Waals surface area (Å²) < 4.78 is 12.9. The topological polar surface area (TPSA) is 45.2 Å². The predicted octanol–water partition coefficient (Wildman–Crippen LogP) is 2.53. The fourth-order valence-corrected chi connectivity index (χ4v) is 1.81. The van der Waals surface area contributed by atoms with E-state index in [-0.39, 0.29) is 11.5 Å². The van der Waals surface area contributed by atoms with Crippen molar-refractivity contribution >= 4 is 11.6 Å². The van der Waals surface area contributed by atoms with Gasteiger partial charge in [0.1, 0.15) is 0 Å². The van der Waals surface area contributed by atoms with Crippen molar-refractivity contribution in [2.75, 3.05) is 19.4 Å². The van der Waals surface area contributed by atoms with Gasteiger partial charge >= 0.3 is 0 Å². The Bertz CT molecular complexity index is 596. The summed E-state index contributed by atoms with van der Waals surface area (Å²) in [5.74, 6) is -1.02. The molecule has 2 rings (SSSR count). The van der Waals surface area contributed by atoms with Crippen LogP contribution in [0.15, 0.2) is 42.6 Å². The molecule has 104 valence electrons. The molecule has 0 aliphatic rings. The Hall–Kier alpha value is -2.27. The molecule has 1 aromatic carbocycles. The SMILES string of the molecule is CN(C)Cc1ccc(NC(=O)c2ccnc(F)c2)cc1. The molecular formula is C15H16FN3O. The Balaban J connectivity index is 2.04. The fourth-order valence-electron chi connectivity index (χ4n) is 1.81. The van der Waals surface area contributed by atoms with Crippen molar-refractivity contribution in [2.45, 2.75) is 6.54 Å². The molecule has 0 saturated carbocycles. The molecule has 1 heterocycles. The second-order valence-electron chi connectivity index (χ2n) is 4.76. The number of amides is 1. The van der Waals surface area contributed by atoms with Gasteiger partial charge in [0.15, 0.2) is 0 Å². The number of pyridine rings is 1. The summed E-state index contributed by atoms with van der Waals surface area (Å²) in [5.41, 5.74) is 2.08. The van der Waals surface area contributed by atoms with Crippen LogP contribution in [0.25, 0.3) is 0 Å². The first-order valence-corrected chi connectivity index (χ1v) is 6.21. The quantitative estimate of drug-likeness (QED) is 0.871. The molecule has 2 aromatic rings. The van der Waals surface area contributed by atoms with Gasteiger partial charge < -0.3 is 10.2 Å². The highest BCUT2D eigenvalue weighted by molar-refractivity contribution is 6.04. The number of halogens is 1. The maximum absolute atomic E-state index is 12.9. The average Bonchev–Trinajstić information content (AvgIpc) is 2.40. The minimum atomic E-state index is -0.668. The van der Waals surface area contributed by atoms with Crippen LogP contribution in [0, 0.1) is 5.95 Å². The summed E-state index contributed by atoms with van der Waals surface area (Å²) >= 11 is 0. The lowest BCUT2D eigenvalue weighted by Crippen LogP contribution is -2.13. The van der Waals surface area contributed by atoms with E-state index < -0.39 is 5.95 Å². The number of anilines is 1. The molecule has 1 N–H and O–H groups in total. The van der Waals surface area contributed by atoms with Gasteiger partial charge in [-0.1, -0.05) is 12.1 Å². The fraction of sp³-hybridized carbons (Fsp3) is 0.200. The molecule has 0 atom stereocenters. The Morgan fingerprint density at radius 3 is 2.55 bits per heavy atom. The standard InChI is InChI=1S/C15H16FN3O/c1-19(2)10-11-3-5-13(6-4-11)18-15(20)12-7-8-17-14(16)9-12/h3-9H,10H2,1-2H3,(H,18,20). The number of aromatic nitrogens is 1. The van der Waals surface area contributed by atoms with Gasteiger partial charge in [-0.15, -0.1) is 0 Å². The first-order chi connectivity index (χ1) is 9.54. The van der Waals surface area contributed by atoms with Crippen LogP contribution in [-0.2, 0) is 6.54 Å². The van der Waals surface area contributed by atoms with Crippen molar-refractivity contribution < 1.29 is 9.18 Å². The monoisotopic (exact) mass is 273 g/mol. The molecule has 0 aliphatic heterocycles. The lowest BCUT2D eigenvalue weighted by atomic mass is 10.2. The van der Waals surface area contributed by atoms with Crippen LogP contribution >= 0.6 is 0 Å². The molecule has 1 aromatic heterocycles. The molecule has 0 fully saturated rings. The summed E-state index contributed by atoms with van der Waals surface area (Å²) in [6, 6.07) is 10.1. The van der Waals surface area contributed by atoms with Crippen LogP contribution in [0.4, 0.5) is 10.1 Å². The molecule has 0 bridgehead atoms. The van der Waals surface area contributed by atoms with E-state index in [1.165, 1.54) is 12.3 Å². The maximum atomic E-state index is 12.9. The number of carbonyl (C=O) groups excluding carboxylic acids is 1. The second-order valence-corrected chi connectivity index (χ2v) is 4.76. The van der Waals surface area contributed by atoms with Gasteiger partial charge in [-0.05, 0) is 37.9 Å². The lowest BCUT2D eigenvalue weighted by molar-refractivity contribution is 0.102. The van der Waals surface area contributed by atoms with Crippen LogP contribution in [0.5, 0.6) is 0 Å². The molecule has 20 heavy (non-hydrogen) atoms. The molecule has 4 nitrogen and oxygen atoms in total. The predicted molar refractivity (Wildman–Crippen MR) is 76.0 cm³/mol. The molecule has 0 spiro atoms. The highest BCUT2D eigenvalue weighted by Gasteiger charge is 2.07. The minimum absolute atomic E-state index is 0.245. The van der Waals surface area contributed by atoms with E-state index in [0.29, 0.717) is 5.69 Å². The van der Waals surface area contributed by atoms with Gasteiger partial charge in [0, 0.05) is 30.1 Å². The van der Waals surface area contributed by atoms with Gasteiger partial charge in [-0.25, -0.2) is 4.98 Å². The van der Waals surface area contributed by atoms with Crippen molar-refractivity contribution in [1.82, 2.24) is 9.88 Å². The summed E-state index contributed by atoms with van der Waals surface area (Å²) in [7, 11) is 3.99. The maximum Gasteiger partial charge on any atom is 0.255 e. The smallest absolute Gasteiger partial charge is 0.255 e. The minimum Gasteiger partial charge on any atom is -0.322 e. The lowest BCUT2D eigenvalue weighted by Gasteiger charge is -2.10. The van der Waals surface area contributed by atoms with Crippen LogP contribution in [0.3, 0.4) is 0 Å². The Morgan fingerprint density at radius 2 is 1.95 bits per heavy atom. The van der Waals surface area contributed by atoms with Crippen molar-refractivity contribution in [1.29, 1.82) is 0 Å². The molecule has 0 radical (unpaired) electrons. The first-order valence-electron chi connectivity index (χ1n) is 6.21. The molecular weight excluding hydrogens is 257 g/mol. The number of hydrogen-bond donors (Lipinski definition) is 1. The average molecular weight is 273 g/mol. The van der Waals surface area contributed by atoms with Crippen molar-refractivity contribution in [3.05, 3.63) is 59.7 Å². The van der Waals surface area contributed by atoms with Gasteiger partial charge in [-0.2, -0.15) is 4.39 Å². The van der Waals surface area contributed by atoms with Crippen LogP contribution in [0.1, 0.15) is 15.9 Å². The zero-order valence-electron chi connectivity index (χ0n) is 11.4. The van der Waals surface area contributed by atoms with E-state index in [4.69, 9.17) is 0 Å². The number of benzene rings is 1. The van der Waals surface area contributed by atoms with Crippen LogP contribution in [0.2, 0.25) is 0 Å². The van der Waals surface area contributed by atoms with E-state index in [0.717, 1.165) is 18.2 Å². The van der Waals surface area contributed by atoms with E-state index in [2.05, 4.69) is 15.2 Å². The number of nitrogens with zero attached hydrogens (tertiary/aromatic N) is 2. The Morgan fingerprint density at radius 1 is 1.25 bits per heavy atom. The number of carbonyl (C=O) groups is 1. The van der Waals surface area contributed by atoms with Gasteiger partial charge in [-0.3, -0.25) is 4.79 Å². The van der Waals surface area contributed by atoms with E-state index in [1.54, 1.807) is 0 Å². The third-order valence-corrected chi connectivity index (χ3v) is 2.70. The summed E-state index contributed by atoms with van der Waals surface area (Å²) in [6.07, 6.45) is 1.27. The van der Waals surface area contributed by atoms with Gasteiger partial charge in [0.2, 0.25) is 5.95 Å². The van der Waals surface area contributed by atoms with Gasteiger partial charge in [0.25, 0.3) is 5.91 Å². The Kier molecular flexibility index (Phi) is 4.42. The highest BCUT2D eigenvalue weighted by Crippen LogP contribution is 2.12. The van der Waals surface area contributed by atoms with Crippen molar-refractivity contribution in [2.24, 2.45) is 0 Å². The molecule has 0 aliphatic carbocycles. The van der Waals surface area contributed by atoms with E-state index >= 15 is 0 Å². The summed E-state index contributed by atoms with van der Waals surface area (Å²) in [6.45, 7) is 0.837. The summed E-state index contributed by atoms with van der Waals surface area (Å²) in [5, 5.41) is 2.72. The zero-order valence-corrected chi connectivity index (χ0v) is 11.4. The Labute approximate surface area is 117 Å².